The maximum atomic E-state index is 7.00. The Morgan fingerprint density at radius 1 is 1.20 bits per heavy atom. The summed E-state index contributed by atoms with van der Waals surface area (Å²) in [4.78, 5) is 0. The van der Waals surface area contributed by atoms with Gasteiger partial charge in [-0.05, 0) is 0 Å². The topological polar surface area (TPSA) is 60.7 Å². The summed E-state index contributed by atoms with van der Waals surface area (Å²) in [7, 11) is 1.00. The van der Waals surface area contributed by atoms with Crippen LogP contribution < -0.4 is 18.9 Å². The zero-order chi connectivity index (χ0) is 4.00. The molecule has 0 bridgehead atoms. The Labute approximate surface area is 43.8 Å². The van der Waals surface area contributed by atoms with Gasteiger partial charge in [0.2, 0.25) is 0 Å². The van der Waals surface area contributed by atoms with Gasteiger partial charge in [0.1, 0.15) is 0 Å². The van der Waals surface area contributed by atoms with E-state index < -0.39 is 0 Å². The van der Waals surface area contributed by atoms with E-state index >= 15 is 0 Å². The smallest absolute Gasteiger partial charge is 1.00 e. The maximum absolute atomic E-state index is 7.00. The molecule has 30 valence electrons. The maximum Gasteiger partial charge on any atom is 1.00 e. The first kappa shape index (κ1) is 17.9. The minimum Gasteiger partial charge on any atom is -1.00 e. The molecular weight excluding hydrogens is 66.9 g/mol. The van der Waals surface area contributed by atoms with Crippen LogP contribution in [0.4, 0.5) is 0 Å². The fourth-order valence-electron chi connectivity index (χ4n) is 0. The first-order valence-corrected chi connectivity index (χ1v) is 0.647. The van der Waals surface area contributed by atoms with Crippen molar-refractivity contribution in [2.75, 3.05) is 7.11 Å². The summed E-state index contributed by atoms with van der Waals surface area (Å²) in [6.45, 7) is 0. The Balaban J connectivity index is -0.00000000500. The minimum atomic E-state index is 0. The van der Waals surface area contributed by atoms with Crippen LogP contribution in [0, 0.1) is 0 Å². The van der Waals surface area contributed by atoms with Crippen molar-refractivity contribution in [2.45, 2.75) is 0 Å². The van der Waals surface area contributed by atoms with E-state index in [0.717, 1.165) is 7.11 Å². The van der Waals surface area contributed by atoms with Crippen molar-refractivity contribution in [3.8, 4) is 0 Å². The summed E-state index contributed by atoms with van der Waals surface area (Å²) < 4.78 is 0. The van der Waals surface area contributed by atoms with Crippen LogP contribution >= 0.6 is 0 Å². The van der Waals surface area contributed by atoms with Crippen molar-refractivity contribution in [2.24, 2.45) is 0 Å². The molecular formula is CH7LiO3. The van der Waals surface area contributed by atoms with Gasteiger partial charge in [-0.3, -0.25) is 10.5 Å². The van der Waals surface area contributed by atoms with Gasteiger partial charge in [-0.1, -0.05) is 0 Å². The molecule has 0 saturated heterocycles. The third-order valence-corrected chi connectivity index (χ3v) is 0. The van der Waals surface area contributed by atoms with E-state index in [0.29, 0.717) is 0 Å². The summed E-state index contributed by atoms with van der Waals surface area (Å²) in [5, 5.41) is 19.0. The predicted molar refractivity (Wildman–Crippen MR) is 14.5 cm³/mol. The average molecular weight is 74.0 g/mol. The van der Waals surface area contributed by atoms with Gasteiger partial charge in [-0.2, -0.15) is 0 Å². The average Bonchev–Trinajstić information content (AvgIpc) is 1.50. The van der Waals surface area contributed by atoms with Gasteiger partial charge in [0.05, 0.1) is 0 Å². The number of hydrogen-bond acceptors (Lipinski definition) is 3. The fraction of sp³-hybridized carbons (Fsp3) is 1.00. The normalized spacial score (nSPS) is 2.40. The van der Waals surface area contributed by atoms with E-state index in [1.165, 1.54) is 0 Å². The van der Waals surface area contributed by atoms with E-state index in [1.54, 1.807) is 0 Å². The number of aliphatic hydroxyl groups is 1. The van der Waals surface area contributed by atoms with Gasteiger partial charge in [0.15, 0.2) is 0 Å². The molecule has 0 heterocycles. The van der Waals surface area contributed by atoms with Crippen molar-refractivity contribution in [3.63, 3.8) is 0 Å². The number of hydrogen-bond donors (Lipinski definition) is 3. The van der Waals surface area contributed by atoms with Gasteiger partial charge in [-0.15, -0.1) is 0 Å². The molecule has 0 spiro atoms. The first-order chi connectivity index (χ1) is 2.00. The molecule has 0 fully saturated rings. The van der Waals surface area contributed by atoms with Crippen LogP contribution in [-0.4, -0.2) is 22.7 Å². The quantitative estimate of drug-likeness (QED) is 0.160. The van der Waals surface area contributed by atoms with Crippen LogP contribution in [0.15, 0.2) is 0 Å². The molecule has 0 rings (SSSR count). The Kier molecular flexibility index (Phi) is 850. The van der Waals surface area contributed by atoms with Crippen LogP contribution in [-0.2, 0) is 0 Å². The standard InChI is InChI=1S/CH4O.Li.H2O2.H/c1-2;;1-2;/h2H,1H3;;1-2H;/q;+1;;-1. The molecule has 0 aromatic heterocycles. The molecule has 0 aliphatic heterocycles. The summed E-state index contributed by atoms with van der Waals surface area (Å²) in [6, 6.07) is 0. The molecule has 4 heteroatoms. The van der Waals surface area contributed by atoms with Gasteiger partial charge >= 0.3 is 18.9 Å². The number of rotatable bonds is 0. The predicted octanol–water partition coefficient (Wildman–Crippen LogP) is -3.26. The second kappa shape index (κ2) is 238. The van der Waals surface area contributed by atoms with Crippen LogP contribution in [0.3, 0.4) is 0 Å². The van der Waals surface area contributed by atoms with E-state index in [2.05, 4.69) is 0 Å². The monoisotopic (exact) mass is 74.1 g/mol. The van der Waals surface area contributed by atoms with Crippen LogP contribution in [0.2, 0.25) is 0 Å². The molecule has 0 aromatic carbocycles. The SMILES string of the molecule is CO.OO.[H-].[Li+]. The van der Waals surface area contributed by atoms with Gasteiger partial charge in [0, 0.05) is 7.11 Å². The summed E-state index contributed by atoms with van der Waals surface area (Å²) >= 11 is 0. The van der Waals surface area contributed by atoms with Crippen LogP contribution in [0.25, 0.3) is 0 Å². The van der Waals surface area contributed by atoms with Crippen molar-refractivity contribution < 1.29 is 35.9 Å². The van der Waals surface area contributed by atoms with E-state index in [9.17, 15) is 0 Å². The van der Waals surface area contributed by atoms with Gasteiger partial charge < -0.3 is 6.53 Å². The van der Waals surface area contributed by atoms with Crippen molar-refractivity contribution in [1.82, 2.24) is 0 Å². The van der Waals surface area contributed by atoms with Crippen molar-refractivity contribution >= 4 is 0 Å². The molecule has 0 radical (unpaired) electrons. The Bertz CT molecular complexity index is 10.8. The first-order valence-electron chi connectivity index (χ1n) is 0.647. The zero-order valence-corrected chi connectivity index (χ0v) is 3.34. The van der Waals surface area contributed by atoms with Gasteiger partial charge in [0.25, 0.3) is 0 Å². The van der Waals surface area contributed by atoms with Crippen molar-refractivity contribution in [1.29, 1.82) is 0 Å². The van der Waals surface area contributed by atoms with E-state index in [4.69, 9.17) is 15.6 Å². The van der Waals surface area contributed by atoms with E-state index in [1.807, 2.05) is 0 Å². The summed E-state index contributed by atoms with van der Waals surface area (Å²) in [5.41, 5.74) is 0. The summed E-state index contributed by atoms with van der Waals surface area (Å²) in [6.07, 6.45) is 0. The number of aliphatic hydroxyl groups excluding tert-OH is 1. The third kappa shape index (κ3) is 121. The molecule has 0 aliphatic rings. The molecule has 0 amide bonds. The zero-order valence-electron chi connectivity index (χ0n) is 4.34. The van der Waals surface area contributed by atoms with Crippen LogP contribution in [0.5, 0.6) is 0 Å². The van der Waals surface area contributed by atoms with Crippen molar-refractivity contribution in [3.05, 3.63) is 0 Å². The molecule has 3 N–H and O–H groups in total. The molecule has 3 nitrogen and oxygen atoms in total. The molecule has 0 unspecified atom stereocenters. The van der Waals surface area contributed by atoms with E-state index in [-0.39, 0.29) is 20.3 Å². The minimum absolute atomic E-state index is 0. The second-order valence-corrected chi connectivity index (χ2v) is 0. The Morgan fingerprint density at radius 2 is 1.20 bits per heavy atom. The molecule has 5 heavy (non-hydrogen) atoms. The summed E-state index contributed by atoms with van der Waals surface area (Å²) in [5.74, 6) is 0. The molecule has 0 aromatic rings. The Morgan fingerprint density at radius 3 is 1.20 bits per heavy atom. The largest absolute Gasteiger partial charge is 1.00 e. The fourth-order valence-corrected chi connectivity index (χ4v) is 0. The molecule has 0 aliphatic carbocycles. The van der Waals surface area contributed by atoms with Crippen LogP contribution in [0.1, 0.15) is 1.43 Å². The third-order valence-electron chi connectivity index (χ3n) is 0. The molecule has 0 saturated carbocycles. The van der Waals surface area contributed by atoms with Gasteiger partial charge in [-0.25, -0.2) is 0 Å². The second-order valence-electron chi connectivity index (χ2n) is 0. The molecule has 0 atom stereocenters. The Hall–Kier alpha value is 0.477.